The summed E-state index contributed by atoms with van der Waals surface area (Å²) in [6, 6.07) is 79.7. The van der Waals surface area contributed by atoms with Crippen molar-refractivity contribution in [1.29, 1.82) is 0 Å². The molecule has 14 rings (SSSR count). The molecule has 324 valence electrons. The highest BCUT2D eigenvalue weighted by molar-refractivity contribution is 6.34. The fourth-order valence-electron chi connectivity index (χ4n) is 12.3. The fraction of sp³-hybridized carbons (Fsp3) is 0.0588. The monoisotopic (exact) mass is 896 g/mol. The van der Waals surface area contributed by atoms with Crippen LogP contribution in [0.4, 0.5) is 0 Å². The predicted octanol–water partition coefficient (Wildman–Crippen LogP) is 19.7. The summed E-state index contributed by atoms with van der Waals surface area (Å²) in [4.78, 5) is 0. The third-order valence-corrected chi connectivity index (χ3v) is 15.6. The van der Waals surface area contributed by atoms with Crippen molar-refractivity contribution in [3.05, 3.63) is 228 Å². The molecule has 0 amide bonds. The minimum Gasteiger partial charge on any atom is -0.0843 e. The zero-order valence-electron chi connectivity index (χ0n) is 38.5. The van der Waals surface area contributed by atoms with Crippen LogP contribution in [0, 0.1) is 0 Å². The first kappa shape index (κ1) is 40.1. The average Bonchev–Trinajstić information content (AvgIpc) is 3.92. The molecule has 2 aliphatic rings. The van der Waals surface area contributed by atoms with E-state index in [0.717, 1.165) is 17.9 Å². The molecule has 0 N–H and O–H groups in total. The van der Waals surface area contributed by atoms with Gasteiger partial charge in [-0.1, -0.05) is 226 Å². The van der Waals surface area contributed by atoms with Gasteiger partial charge in [-0.15, -0.1) is 0 Å². The van der Waals surface area contributed by atoms with Crippen molar-refractivity contribution < 1.29 is 0 Å². The number of halogens is 1. The molecule has 0 radical (unpaired) electrons. The minimum atomic E-state index is 0.742. The van der Waals surface area contributed by atoms with E-state index in [1.165, 1.54) is 154 Å². The molecule has 12 aromatic rings. The quantitative estimate of drug-likeness (QED) is 0.150. The molecule has 12 aromatic carbocycles. The minimum absolute atomic E-state index is 0.742. The molecule has 0 nitrogen and oxygen atoms in total. The van der Waals surface area contributed by atoms with Gasteiger partial charge < -0.3 is 0 Å². The van der Waals surface area contributed by atoms with Crippen molar-refractivity contribution in [3.63, 3.8) is 0 Å². The Kier molecular flexibility index (Phi) is 9.01. The van der Waals surface area contributed by atoms with Crippen molar-refractivity contribution in [3.8, 4) is 100 Å². The first-order chi connectivity index (χ1) is 34.1. The summed E-state index contributed by atoms with van der Waals surface area (Å²) in [5, 5.41) is 10.8. The molecule has 0 spiro atoms. The second-order valence-corrected chi connectivity index (χ2v) is 19.3. The summed E-state index contributed by atoms with van der Waals surface area (Å²) in [6.45, 7) is 4.45. The molecular formula is C68H45Cl. The van der Waals surface area contributed by atoms with Crippen molar-refractivity contribution in [1.82, 2.24) is 0 Å². The zero-order chi connectivity index (χ0) is 45.9. The summed E-state index contributed by atoms with van der Waals surface area (Å²) in [5.74, 6) is 0. The maximum Gasteiger partial charge on any atom is 0.0412 e. The van der Waals surface area contributed by atoms with Crippen LogP contribution in [0.2, 0.25) is 5.02 Å². The summed E-state index contributed by atoms with van der Waals surface area (Å²) < 4.78 is 0. The van der Waals surface area contributed by atoms with Crippen molar-refractivity contribution >= 4 is 54.7 Å². The normalized spacial score (nSPS) is 12.1. The number of aryl methyl sites for hydroxylation is 2. The Balaban J connectivity index is 1.06. The van der Waals surface area contributed by atoms with E-state index in [4.69, 9.17) is 11.6 Å². The molecule has 0 heterocycles. The van der Waals surface area contributed by atoms with E-state index < -0.39 is 0 Å². The van der Waals surface area contributed by atoms with Gasteiger partial charge in [0.25, 0.3) is 0 Å². The Morgan fingerprint density at radius 2 is 0.609 bits per heavy atom. The van der Waals surface area contributed by atoms with Crippen LogP contribution < -0.4 is 0 Å². The van der Waals surface area contributed by atoms with Gasteiger partial charge in [-0.2, -0.15) is 0 Å². The van der Waals surface area contributed by atoms with Crippen LogP contribution in [0.3, 0.4) is 0 Å². The molecule has 0 bridgehead atoms. The van der Waals surface area contributed by atoms with Crippen LogP contribution in [0.1, 0.15) is 25.0 Å². The molecular weight excluding hydrogens is 852 g/mol. The number of fused-ring (bicyclic) bond motifs is 8. The van der Waals surface area contributed by atoms with Gasteiger partial charge in [0.1, 0.15) is 0 Å². The maximum atomic E-state index is 6.98. The van der Waals surface area contributed by atoms with Gasteiger partial charge >= 0.3 is 0 Å². The van der Waals surface area contributed by atoms with Crippen LogP contribution in [0.15, 0.2) is 212 Å². The highest BCUT2D eigenvalue weighted by Crippen LogP contribution is 2.61. The Morgan fingerprint density at radius 3 is 1.04 bits per heavy atom. The lowest BCUT2D eigenvalue weighted by molar-refractivity contribution is 1.14. The molecule has 1 heteroatoms. The smallest absolute Gasteiger partial charge is 0.0412 e. The average molecular weight is 898 g/mol. The largest absolute Gasteiger partial charge is 0.0843 e. The SMILES string of the molecule is CCc1ccc(-c2c3c(c(-c4ccc(CC)cc4)c4cc(Cl)ccc24)-c2ccc(-c4ccc5c6c(cccc46)-c4c-5c(-c5ccccc5)c5ccccc5c4-c4ccccc4)c4cccc-3c24)cc1. The standard InChI is InChI=1S/C68H45Cl/c1-3-40-25-29-44(30-26-40)61-53-34-33-46(69)39-58(53)62(45-31-27-41(4-2)28-32-45)68-57-38-36-48(50-22-14-24-55(64(50)57)66(61)68)47-35-37-56-63-49(47)21-13-23-54(63)65-59(42-15-7-5-8-16-42)51-19-11-12-20-52(51)60(67(56)65)43-17-9-6-10-18-43/h5-39H,3-4H2,1-2H3. The lowest BCUT2D eigenvalue weighted by atomic mass is 9.82. The third-order valence-electron chi connectivity index (χ3n) is 15.4. The van der Waals surface area contributed by atoms with Gasteiger partial charge in [0.15, 0.2) is 0 Å². The lowest BCUT2D eigenvalue weighted by Crippen LogP contribution is -1.94. The van der Waals surface area contributed by atoms with E-state index in [9.17, 15) is 0 Å². The lowest BCUT2D eigenvalue weighted by Gasteiger charge is -2.21. The molecule has 0 saturated carbocycles. The van der Waals surface area contributed by atoms with Gasteiger partial charge in [0, 0.05) is 5.02 Å². The van der Waals surface area contributed by atoms with E-state index in [-0.39, 0.29) is 0 Å². The molecule has 0 fully saturated rings. The number of benzene rings is 12. The van der Waals surface area contributed by atoms with Gasteiger partial charge in [-0.3, -0.25) is 0 Å². The second kappa shape index (κ2) is 15.5. The summed E-state index contributed by atoms with van der Waals surface area (Å²) in [5.41, 5.74) is 25.5. The molecule has 0 saturated heterocycles. The van der Waals surface area contributed by atoms with Crippen LogP contribution in [-0.2, 0) is 12.8 Å². The van der Waals surface area contributed by atoms with E-state index in [1.54, 1.807) is 0 Å². The van der Waals surface area contributed by atoms with Crippen molar-refractivity contribution in [2.75, 3.05) is 0 Å². The Bertz CT molecular complexity index is 4010. The number of hydrogen-bond donors (Lipinski definition) is 0. The van der Waals surface area contributed by atoms with Crippen LogP contribution in [0.5, 0.6) is 0 Å². The first-order valence-electron chi connectivity index (χ1n) is 24.4. The summed E-state index contributed by atoms with van der Waals surface area (Å²) in [7, 11) is 0. The third kappa shape index (κ3) is 5.83. The maximum absolute atomic E-state index is 6.98. The summed E-state index contributed by atoms with van der Waals surface area (Å²) in [6.07, 6.45) is 1.99. The number of rotatable bonds is 7. The molecule has 2 aliphatic carbocycles. The van der Waals surface area contributed by atoms with Crippen molar-refractivity contribution in [2.24, 2.45) is 0 Å². The van der Waals surface area contributed by atoms with Crippen LogP contribution in [0.25, 0.3) is 143 Å². The van der Waals surface area contributed by atoms with Crippen LogP contribution in [-0.4, -0.2) is 0 Å². The number of hydrogen-bond acceptors (Lipinski definition) is 0. The Morgan fingerprint density at radius 1 is 0.261 bits per heavy atom. The Hall–Kier alpha value is -8.03. The molecule has 0 aliphatic heterocycles. The second-order valence-electron chi connectivity index (χ2n) is 18.8. The summed E-state index contributed by atoms with van der Waals surface area (Å²) >= 11 is 6.98. The molecule has 0 unspecified atom stereocenters. The van der Waals surface area contributed by atoms with Gasteiger partial charge in [-0.25, -0.2) is 0 Å². The fourth-order valence-corrected chi connectivity index (χ4v) is 12.5. The van der Waals surface area contributed by atoms with E-state index in [2.05, 4.69) is 226 Å². The first-order valence-corrected chi connectivity index (χ1v) is 24.8. The van der Waals surface area contributed by atoms with Gasteiger partial charge in [-0.05, 0) is 179 Å². The van der Waals surface area contributed by atoms with Crippen molar-refractivity contribution in [2.45, 2.75) is 26.7 Å². The zero-order valence-corrected chi connectivity index (χ0v) is 39.3. The topological polar surface area (TPSA) is 0 Å². The molecule has 0 aromatic heterocycles. The van der Waals surface area contributed by atoms with Gasteiger partial charge in [0.05, 0.1) is 0 Å². The van der Waals surface area contributed by atoms with Gasteiger partial charge in [0.2, 0.25) is 0 Å². The van der Waals surface area contributed by atoms with E-state index in [1.807, 2.05) is 0 Å². The highest BCUT2D eigenvalue weighted by Gasteiger charge is 2.34. The Labute approximate surface area is 407 Å². The molecule has 69 heavy (non-hydrogen) atoms. The van der Waals surface area contributed by atoms with E-state index in [0.29, 0.717) is 0 Å². The van der Waals surface area contributed by atoms with Crippen LogP contribution >= 0.6 is 11.6 Å². The van der Waals surface area contributed by atoms with E-state index >= 15 is 0 Å². The molecule has 0 atom stereocenters. The predicted molar refractivity (Wildman–Crippen MR) is 296 cm³/mol. The highest BCUT2D eigenvalue weighted by atomic mass is 35.5.